The van der Waals surface area contributed by atoms with Gasteiger partial charge in [-0.1, -0.05) is 35.1 Å². The van der Waals surface area contributed by atoms with Crippen molar-refractivity contribution in [1.29, 1.82) is 0 Å². The van der Waals surface area contributed by atoms with E-state index in [1.54, 1.807) is 35.6 Å². The van der Waals surface area contributed by atoms with E-state index in [2.05, 4.69) is 4.90 Å². The van der Waals surface area contributed by atoms with Gasteiger partial charge in [-0.15, -0.1) is 0 Å². The maximum Gasteiger partial charge on any atom is 0.260 e. The molecule has 1 aliphatic rings. The largest absolute Gasteiger partial charge is 0.302 e. The summed E-state index contributed by atoms with van der Waals surface area (Å²) >= 11 is 7.54. The number of thiazole rings is 1. The molecule has 1 aliphatic heterocycles. The highest BCUT2D eigenvalue weighted by Gasteiger charge is 2.23. The standard InChI is InChI=1S/C20H20ClN3OS/c21-16-9-7-15(8-10-16)19(25)24(14-13-23-11-3-4-12-23)20-22-17-5-1-2-6-18(17)26-20/h1-2,5-10H,3-4,11-14H2. The molecule has 1 aromatic heterocycles. The molecule has 1 amide bonds. The summed E-state index contributed by atoms with van der Waals surface area (Å²) in [6.45, 7) is 3.74. The average molecular weight is 386 g/mol. The number of carbonyl (C=O) groups is 1. The van der Waals surface area contributed by atoms with E-state index in [4.69, 9.17) is 16.6 Å². The molecule has 2 aromatic carbocycles. The Hall–Kier alpha value is -1.95. The van der Waals surface area contributed by atoms with Crippen LogP contribution >= 0.6 is 22.9 Å². The lowest BCUT2D eigenvalue weighted by atomic mass is 10.2. The van der Waals surface area contributed by atoms with Crippen molar-refractivity contribution in [2.45, 2.75) is 12.8 Å². The molecule has 134 valence electrons. The van der Waals surface area contributed by atoms with Gasteiger partial charge in [-0.05, 0) is 62.3 Å². The summed E-state index contributed by atoms with van der Waals surface area (Å²) in [4.78, 5) is 22.1. The van der Waals surface area contributed by atoms with Gasteiger partial charge >= 0.3 is 0 Å². The van der Waals surface area contributed by atoms with Crippen LogP contribution in [0.25, 0.3) is 10.2 Å². The molecule has 1 saturated heterocycles. The Bertz CT molecular complexity index is 870. The Morgan fingerprint density at radius 1 is 1.12 bits per heavy atom. The van der Waals surface area contributed by atoms with Gasteiger partial charge in [0.15, 0.2) is 5.13 Å². The number of amides is 1. The van der Waals surface area contributed by atoms with Crippen molar-refractivity contribution in [2.24, 2.45) is 0 Å². The van der Waals surface area contributed by atoms with Gasteiger partial charge in [-0.25, -0.2) is 4.98 Å². The predicted molar refractivity (Wildman–Crippen MR) is 108 cm³/mol. The number of para-hydroxylation sites is 1. The lowest BCUT2D eigenvalue weighted by Crippen LogP contribution is -2.38. The van der Waals surface area contributed by atoms with Crippen molar-refractivity contribution >= 4 is 44.2 Å². The van der Waals surface area contributed by atoms with E-state index in [9.17, 15) is 4.79 Å². The number of nitrogens with zero attached hydrogens (tertiary/aromatic N) is 3. The highest BCUT2D eigenvalue weighted by atomic mass is 35.5. The topological polar surface area (TPSA) is 36.4 Å². The molecule has 0 atom stereocenters. The second-order valence-corrected chi connectivity index (χ2v) is 7.92. The first-order valence-corrected chi connectivity index (χ1v) is 10.1. The van der Waals surface area contributed by atoms with Gasteiger partial charge in [0.1, 0.15) is 0 Å². The molecule has 0 saturated carbocycles. The number of carbonyl (C=O) groups excluding carboxylic acids is 1. The molecule has 4 nitrogen and oxygen atoms in total. The molecule has 0 unspecified atom stereocenters. The van der Waals surface area contributed by atoms with Gasteiger partial charge in [0, 0.05) is 23.7 Å². The number of likely N-dealkylation sites (tertiary alicyclic amines) is 1. The number of halogens is 1. The molecule has 2 heterocycles. The minimum Gasteiger partial charge on any atom is -0.302 e. The van der Waals surface area contributed by atoms with Gasteiger partial charge in [-0.3, -0.25) is 9.69 Å². The van der Waals surface area contributed by atoms with Gasteiger partial charge in [0.2, 0.25) is 0 Å². The Labute approximate surface area is 162 Å². The van der Waals surface area contributed by atoms with Crippen LogP contribution in [-0.4, -0.2) is 42.0 Å². The molecular weight excluding hydrogens is 366 g/mol. The number of benzene rings is 2. The van der Waals surface area contributed by atoms with Gasteiger partial charge in [0.25, 0.3) is 5.91 Å². The van der Waals surface area contributed by atoms with E-state index in [-0.39, 0.29) is 5.91 Å². The van der Waals surface area contributed by atoms with Crippen LogP contribution in [0.5, 0.6) is 0 Å². The number of anilines is 1. The fourth-order valence-electron chi connectivity index (χ4n) is 3.26. The Morgan fingerprint density at radius 2 is 1.85 bits per heavy atom. The third-order valence-corrected chi connectivity index (χ3v) is 6.00. The second kappa shape index (κ2) is 7.74. The summed E-state index contributed by atoms with van der Waals surface area (Å²) in [5.41, 5.74) is 1.57. The smallest absolute Gasteiger partial charge is 0.260 e. The minimum absolute atomic E-state index is 0.0279. The fourth-order valence-corrected chi connectivity index (χ4v) is 4.37. The Morgan fingerprint density at radius 3 is 2.58 bits per heavy atom. The van der Waals surface area contributed by atoms with Crippen LogP contribution in [0.15, 0.2) is 48.5 Å². The summed E-state index contributed by atoms with van der Waals surface area (Å²) < 4.78 is 1.09. The molecular formula is C20H20ClN3OS. The molecule has 3 aromatic rings. The molecule has 4 rings (SSSR count). The van der Waals surface area contributed by atoms with Crippen LogP contribution in [-0.2, 0) is 0 Å². The predicted octanol–water partition coefficient (Wildman–Crippen LogP) is 4.69. The third kappa shape index (κ3) is 3.75. The Kier molecular flexibility index (Phi) is 5.20. The van der Waals surface area contributed by atoms with Crippen molar-refractivity contribution in [3.63, 3.8) is 0 Å². The maximum atomic E-state index is 13.2. The lowest BCUT2D eigenvalue weighted by Gasteiger charge is -2.23. The van der Waals surface area contributed by atoms with Crippen LogP contribution in [0.4, 0.5) is 5.13 Å². The number of hydrogen-bond donors (Lipinski definition) is 0. The molecule has 26 heavy (non-hydrogen) atoms. The van der Waals surface area contributed by atoms with E-state index in [0.29, 0.717) is 17.1 Å². The third-order valence-electron chi connectivity index (χ3n) is 4.69. The van der Waals surface area contributed by atoms with E-state index >= 15 is 0 Å². The molecule has 1 fully saturated rings. The average Bonchev–Trinajstić information content (AvgIpc) is 3.31. The van der Waals surface area contributed by atoms with Gasteiger partial charge in [0.05, 0.1) is 10.2 Å². The zero-order valence-corrected chi connectivity index (χ0v) is 16.0. The van der Waals surface area contributed by atoms with E-state index in [1.807, 2.05) is 29.2 Å². The quantitative estimate of drug-likeness (QED) is 0.639. The van der Waals surface area contributed by atoms with Crippen molar-refractivity contribution in [2.75, 3.05) is 31.1 Å². The van der Waals surface area contributed by atoms with Crippen molar-refractivity contribution in [1.82, 2.24) is 9.88 Å². The maximum absolute atomic E-state index is 13.2. The summed E-state index contributed by atoms with van der Waals surface area (Å²) in [7, 11) is 0. The van der Waals surface area contributed by atoms with E-state index in [0.717, 1.165) is 35.0 Å². The van der Waals surface area contributed by atoms with Gasteiger partial charge in [-0.2, -0.15) is 0 Å². The molecule has 0 aliphatic carbocycles. The monoisotopic (exact) mass is 385 g/mol. The molecule has 0 spiro atoms. The number of fused-ring (bicyclic) bond motifs is 1. The number of hydrogen-bond acceptors (Lipinski definition) is 4. The molecule has 0 N–H and O–H groups in total. The zero-order valence-electron chi connectivity index (χ0n) is 14.4. The first-order valence-electron chi connectivity index (χ1n) is 8.86. The van der Waals surface area contributed by atoms with E-state index in [1.165, 1.54) is 12.8 Å². The number of aromatic nitrogens is 1. The van der Waals surface area contributed by atoms with Crippen molar-refractivity contribution < 1.29 is 4.79 Å². The summed E-state index contributed by atoms with van der Waals surface area (Å²) in [6.07, 6.45) is 2.48. The van der Waals surface area contributed by atoms with Crippen molar-refractivity contribution in [3.8, 4) is 0 Å². The van der Waals surface area contributed by atoms with Crippen LogP contribution in [0, 0.1) is 0 Å². The lowest BCUT2D eigenvalue weighted by molar-refractivity contribution is 0.0984. The van der Waals surface area contributed by atoms with Gasteiger partial charge < -0.3 is 4.90 Å². The SMILES string of the molecule is O=C(c1ccc(Cl)cc1)N(CCN1CCCC1)c1nc2ccccc2s1. The highest BCUT2D eigenvalue weighted by molar-refractivity contribution is 7.22. The second-order valence-electron chi connectivity index (χ2n) is 6.48. The fraction of sp³-hybridized carbons (Fsp3) is 0.300. The summed E-state index contributed by atoms with van der Waals surface area (Å²) in [6, 6.07) is 15.1. The number of rotatable bonds is 5. The summed E-state index contributed by atoms with van der Waals surface area (Å²) in [5.74, 6) is -0.0279. The first kappa shape index (κ1) is 17.5. The summed E-state index contributed by atoms with van der Waals surface area (Å²) in [5, 5.41) is 1.38. The highest BCUT2D eigenvalue weighted by Crippen LogP contribution is 2.29. The van der Waals surface area contributed by atoms with Crippen LogP contribution in [0.1, 0.15) is 23.2 Å². The molecule has 0 bridgehead atoms. The van der Waals surface area contributed by atoms with Crippen LogP contribution < -0.4 is 4.90 Å². The zero-order chi connectivity index (χ0) is 17.9. The minimum atomic E-state index is -0.0279. The normalized spacial score (nSPS) is 14.8. The van der Waals surface area contributed by atoms with Crippen LogP contribution in [0.3, 0.4) is 0 Å². The Balaban J connectivity index is 1.63. The molecule has 0 radical (unpaired) electrons. The first-order chi connectivity index (χ1) is 12.7. The van der Waals surface area contributed by atoms with Crippen molar-refractivity contribution in [3.05, 3.63) is 59.1 Å². The van der Waals surface area contributed by atoms with Crippen LogP contribution in [0.2, 0.25) is 5.02 Å². The van der Waals surface area contributed by atoms with E-state index < -0.39 is 0 Å². The molecule has 6 heteroatoms.